The third kappa shape index (κ3) is 3.55. The summed E-state index contributed by atoms with van der Waals surface area (Å²) < 4.78 is 27.2. The summed E-state index contributed by atoms with van der Waals surface area (Å²) in [5, 5.41) is 5.91. The Balaban J connectivity index is 2.12. The molecule has 1 aromatic rings. The van der Waals surface area contributed by atoms with Gasteiger partial charge in [-0.15, -0.1) is 0 Å². The average Bonchev–Trinajstić information content (AvgIpc) is 2.35. The average molecular weight is 269 g/mol. The fourth-order valence-corrected chi connectivity index (χ4v) is 2.62. The number of rotatable bonds is 4. The van der Waals surface area contributed by atoms with Crippen LogP contribution in [-0.2, 0) is 0 Å². The molecule has 1 aliphatic carbocycles. The first kappa shape index (κ1) is 14.0. The molecular weight excluding hydrogens is 248 g/mol. The number of aromatic nitrogens is 1. The fourth-order valence-electron chi connectivity index (χ4n) is 2.62. The summed E-state index contributed by atoms with van der Waals surface area (Å²) in [7, 11) is 0. The van der Waals surface area contributed by atoms with Gasteiger partial charge >= 0.3 is 0 Å². The van der Waals surface area contributed by atoms with Gasteiger partial charge < -0.3 is 10.6 Å². The first-order valence-electron chi connectivity index (χ1n) is 6.96. The van der Waals surface area contributed by atoms with Crippen LogP contribution in [-0.4, -0.2) is 17.6 Å². The van der Waals surface area contributed by atoms with Gasteiger partial charge in [0.15, 0.2) is 23.3 Å². The monoisotopic (exact) mass is 269 g/mol. The lowest BCUT2D eigenvalue weighted by molar-refractivity contribution is 0.357. The molecule has 0 saturated heterocycles. The normalized spacial score (nSPS) is 23.2. The van der Waals surface area contributed by atoms with Gasteiger partial charge in [-0.2, -0.15) is 0 Å². The van der Waals surface area contributed by atoms with Crippen molar-refractivity contribution in [3.63, 3.8) is 0 Å². The van der Waals surface area contributed by atoms with Crippen molar-refractivity contribution >= 4 is 11.6 Å². The standard InChI is InChI=1S/C14H21F2N3/c1-3-17-13-11(15)8-12(16)14(19-13)18-10-6-4-5-9(2)7-10/h8-10H,3-7H2,1-2H3,(H2,17,18,19). The Morgan fingerprint density at radius 2 is 2.00 bits per heavy atom. The molecule has 0 amide bonds. The van der Waals surface area contributed by atoms with Gasteiger partial charge in [-0.25, -0.2) is 13.8 Å². The molecule has 1 aromatic heterocycles. The fraction of sp³-hybridized carbons (Fsp3) is 0.643. The molecule has 2 unspecified atom stereocenters. The van der Waals surface area contributed by atoms with Crippen molar-refractivity contribution in [1.29, 1.82) is 0 Å². The Bertz CT molecular complexity index is 437. The molecule has 106 valence electrons. The maximum absolute atomic E-state index is 13.7. The summed E-state index contributed by atoms with van der Waals surface area (Å²) >= 11 is 0. The minimum absolute atomic E-state index is 0.107. The maximum atomic E-state index is 13.7. The minimum Gasteiger partial charge on any atom is -0.368 e. The Labute approximate surface area is 112 Å². The molecule has 1 saturated carbocycles. The first-order valence-corrected chi connectivity index (χ1v) is 6.96. The number of halogens is 2. The molecule has 0 aromatic carbocycles. The molecule has 0 aliphatic heterocycles. The highest BCUT2D eigenvalue weighted by Gasteiger charge is 2.21. The molecule has 2 rings (SSSR count). The molecule has 3 nitrogen and oxygen atoms in total. The van der Waals surface area contributed by atoms with Crippen molar-refractivity contribution in [3.8, 4) is 0 Å². The second kappa shape index (κ2) is 6.17. The number of pyridine rings is 1. The van der Waals surface area contributed by atoms with Crippen LogP contribution < -0.4 is 10.6 Å². The Hall–Kier alpha value is -1.39. The molecule has 19 heavy (non-hydrogen) atoms. The van der Waals surface area contributed by atoms with Crippen LogP contribution in [0.5, 0.6) is 0 Å². The Kier molecular flexibility index (Phi) is 4.56. The van der Waals surface area contributed by atoms with E-state index in [4.69, 9.17) is 0 Å². The van der Waals surface area contributed by atoms with E-state index in [0.29, 0.717) is 12.5 Å². The number of hydrogen-bond acceptors (Lipinski definition) is 3. The van der Waals surface area contributed by atoms with Gasteiger partial charge in [0.05, 0.1) is 0 Å². The zero-order chi connectivity index (χ0) is 13.8. The highest BCUT2D eigenvalue weighted by atomic mass is 19.1. The molecular formula is C14H21F2N3. The minimum atomic E-state index is -0.651. The Morgan fingerprint density at radius 1 is 1.26 bits per heavy atom. The van der Waals surface area contributed by atoms with E-state index in [1.807, 2.05) is 6.92 Å². The van der Waals surface area contributed by atoms with E-state index in [9.17, 15) is 8.78 Å². The lowest BCUT2D eigenvalue weighted by Gasteiger charge is -2.28. The summed E-state index contributed by atoms with van der Waals surface area (Å²) in [5.74, 6) is -0.381. The third-order valence-electron chi connectivity index (χ3n) is 3.55. The molecule has 1 fully saturated rings. The third-order valence-corrected chi connectivity index (χ3v) is 3.55. The van der Waals surface area contributed by atoms with Crippen molar-refractivity contribution in [2.75, 3.05) is 17.2 Å². The molecule has 1 heterocycles. The summed E-state index contributed by atoms with van der Waals surface area (Å²) in [4.78, 5) is 4.01. The zero-order valence-electron chi connectivity index (χ0n) is 11.5. The quantitative estimate of drug-likeness (QED) is 0.873. The molecule has 0 radical (unpaired) electrons. The van der Waals surface area contributed by atoms with Gasteiger partial charge in [-0.3, -0.25) is 0 Å². The van der Waals surface area contributed by atoms with Crippen LogP contribution in [0.25, 0.3) is 0 Å². The lowest BCUT2D eigenvalue weighted by Crippen LogP contribution is -2.27. The van der Waals surface area contributed by atoms with Gasteiger partial charge in [-0.1, -0.05) is 19.8 Å². The van der Waals surface area contributed by atoms with E-state index in [0.717, 1.165) is 25.3 Å². The van der Waals surface area contributed by atoms with Crippen LogP contribution in [0, 0.1) is 17.6 Å². The largest absolute Gasteiger partial charge is 0.368 e. The zero-order valence-corrected chi connectivity index (χ0v) is 11.5. The van der Waals surface area contributed by atoms with E-state index in [1.165, 1.54) is 6.42 Å². The topological polar surface area (TPSA) is 37.0 Å². The van der Waals surface area contributed by atoms with Crippen molar-refractivity contribution < 1.29 is 8.78 Å². The van der Waals surface area contributed by atoms with Crippen molar-refractivity contribution in [1.82, 2.24) is 4.98 Å². The predicted molar refractivity (Wildman–Crippen MR) is 73.4 cm³/mol. The molecule has 0 bridgehead atoms. The molecule has 1 aliphatic rings. The van der Waals surface area contributed by atoms with Gasteiger partial charge in [0.1, 0.15) is 0 Å². The van der Waals surface area contributed by atoms with Crippen LogP contribution in [0.15, 0.2) is 6.07 Å². The predicted octanol–water partition coefficient (Wildman–Crippen LogP) is 3.78. The van der Waals surface area contributed by atoms with E-state index >= 15 is 0 Å². The van der Waals surface area contributed by atoms with Crippen LogP contribution in [0.3, 0.4) is 0 Å². The van der Waals surface area contributed by atoms with Gasteiger partial charge in [0, 0.05) is 18.7 Å². The summed E-state index contributed by atoms with van der Waals surface area (Å²) in [5.41, 5.74) is 0. The van der Waals surface area contributed by atoms with Gasteiger partial charge in [-0.05, 0) is 25.7 Å². The van der Waals surface area contributed by atoms with Crippen molar-refractivity contribution in [2.45, 2.75) is 45.6 Å². The molecule has 2 atom stereocenters. The second-order valence-electron chi connectivity index (χ2n) is 5.29. The van der Waals surface area contributed by atoms with Crippen LogP contribution in [0.4, 0.5) is 20.4 Å². The van der Waals surface area contributed by atoms with E-state index < -0.39 is 11.6 Å². The number of anilines is 2. The smallest absolute Gasteiger partial charge is 0.168 e. The molecule has 0 spiro atoms. The van der Waals surface area contributed by atoms with Crippen molar-refractivity contribution in [2.24, 2.45) is 5.92 Å². The van der Waals surface area contributed by atoms with E-state index in [-0.39, 0.29) is 17.7 Å². The summed E-state index contributed by atoms with van der Waals surface area (Å²) in [6, 6.07) is 1.12. The van der Waals surface area contributed by atoms with E-state index in [2.05, 4.69) is 22.5 Å². The van der Waals surface area contributed by atoms with E-state index in [1.54, 1.807) is 0 Å². The summed E-state index contributed by atoms with van der Waals surface area (Å²) in [6.45, 7) is 4.60. The SMILES string of the molecule is CCNc1nc(NC2CCCC(C)C2)c(F)cc1F. The lowest BCUT2D eigenvalue weighted by atomic mass is 9.87. The maximum Gasteiger partial charge on any atom is 0.168 e. The number of nitrogens with zero attached hydrogens (tertiary/aromatic N) is 1. The van der Waals surface area contributed by atoms with Gasteiger partial charge in [0.2, 0.25) is 0 Å². The van der Waals surface area contributed by atoms with Gasteiger partial charge in [0.25, 0.3) is 0 Å². The highest BCUT2D eigenvalue weighted by molar-refractivity contribution is 5.48. The number of nitrogens with one attached hydrogen (secondary N) is 2. The molecule has 2 N–H and O–H groups in total. The first-order chi connectivity index (χ1) is 9.10. The van der Waals surface area contributed by atoms with Crippen LogP contribution in [0.2, 0.25) is 0 Å². The van der Waals surface area contributed by atoms with Crippen LogP contribution in [0.1, 0.15) is 39.5 Å². The van der Waals surface area contributed by atoms with Crippen molar-refractivity contribution in [3.05, 3.63) is 17.7 Å². The summed E-state index contributed by atoms with van der Waals surface area (Å²) in [6.07, 6.45) is 4.39. The van der Waals surface area contributed by atoms with Crippen LogP contribution >= 0.6 is 0 Å². The Morgan fingerprint density at radius 3 is 2.68 bits per heavy atom. The second-order valence-corrected chi connectivity index (χ2v) is 5.29. The molecule has 5 heteroatoms. The highest BCUT2D eigenvalue weighted by Crippen LogP contribution is 2.27. The number of hydrogen-bond donors (Lipinski definition) is 2.